The molecule has 2 fully saturated rings. The van der Waals surface area contributed by atoms with Crippen LogP contribution in [0.15, 0.2) is 12.2 Å². The highest BCUT2D eigenvalue weighted by molar-refractivity contribution is 8.01. The molecule has 100 valence electrons. The first kappa shape index (κ1) is 12.6. The van der Waals surface area contributed by atoms with Crippen molar-refractivity contribution < 1.29 is 9.53 Å². The van der Waals surface area contributed by atoms with Crippen molar-refractivity contribution in [2.45, 2.75) is 62.1 Å². The number of carbonyl (C=O) groups is 1. The Morgan fingerprint density at radius 1 is 1.28 bits per heavy atom. The number of ether oxygens (including phenoxy) is 1. The van der Waals surface area contributed by atoms with Gasteiger partial charge >= 0.3 is 5.97 Å². The van der Waals surface area contributed by atoms with Crippen molar-refractivity contribution >= 4 is 17.7 Å². The highest BCUT2D eigenvalue weighted by Crippen LogP contribution is 2.50. The van der Waals surface area contributed by atoms with Crippen LogP contribution < -0.4 is 0 Å². The molecule has 0 aromatic heterocycles. The lowest BCUT2D eigenvalue weighted by atomic mass is 9.81. The van der Waals surface area contributed by atoms with Crippen molar-refractivity contribution in [1.29, 1.82) is 0 Å². The van der Waals surface area contributed by atoms with E-state index in [1.54, 1.807) is 0 Å². The summed E-state index contributed by atoms with van der Waals surface area (Å²) in [6.45, 7) is 4.19. The maximum absolute atomic E-state index is 12.2. The average molecular weight is 266 g/mol. The van der Waals surface area contributed by atoms with Crippen LogP contribution in [0.2, 0.25) is 0 Å². The van der Waals surface area contributed by atoms with Gasteiger partial charge in [-0.05, 0) is 33.1 Å². The summed E-state index contributed by atoms with van der Waals surface area (Å²) >= 11 is 2.02. The van der Waals surface area contributed by atoms with Crippen molar-refractivity contribution in [3.8, 4) is 0 Å². The minimum atomic E-state index is -0.309. The number of rotatable bonds is 3. The molecule has 3 heteroatoms. The van der Waals surface area contributed by atoms with Crippen LogP contribution in [0.3, 0.4) is 0 Å². The summed E-state index contributed by atoms with van der Waals surface area (Å²) < 4.78 is 5.87. The Labute approximate surface area is 114 Å². The quantitative estimate of drug-likeness (QED) is 0.577. The molecule has 0 aromatic carbocycles. The highest BCUT2D eigenvalue weighted by atomic mass is 32.2. The van der Waals surface area contributed by atoms with E-state index in [-0.39, 0.29) is 17.5 Å². The van der Waals surface area contributed by atoms with Gasteiger partial charge in [-0.2, -0.15) is 0 Å². The normalized spacial score (nSPS) is 35.3. The molecule has 3 unspecified atom stereocenters. The van der Waals surface area contributed by atoms with Gasteiger partial charge in [0, 0.05) is 16.4 Å². The number of carbonyl (C=O) groups excluding carboxylic acids is 1. The molecule has 0 radical (unpaired) electrons. The van der Waals surface area contributed by atoms with Crippen LogP contribution in [0.5, 0.6) is 0 Å². The Hall–Kier alpha value is -0.440. The van der Waals surface area contributed by atoms with Gasteiger partial charge in [0.05, 0.1) is 5.92 Å². The van der Waals surface area contributed by atoms with E-state index < -0.39 is 0 Å². The minimum absolute atomic E-state index is 0.0502. The zero-order valence-corrected chi connectivity index (χ0v) is 12.0. The lowest BCUT2D eigenvalue weighted by Crippen LogP contribution is -2.41. The lowest BCUT2D eigenvalue weighted by molar-refractivity contribution is -0.166. The second kappa shape index (κ2) is 4.59. The Morgan fingerprint density at radius 3 is 2.56 bits per heavy atom. The van der Waals surface area contributed by atoms with Crippen molar-refractivity contribution in [1.82, 2.24) is 0 Å². The molecule has 3 rings (SSSR count). The predicted octanol–water partition coefficient (Wildman–Crippen LogP) is 3.56. The van der Waals surface area contributed by atoms with Gasteiger partial charge in [0.25, 0.3) is 0 Å². The number of fused-ring (bicyclic) bond motifs is 2. The van der Waals surface area contributed by atoms with E-state index in [4.69, 9.17) is 4.74 Å². The van der Waals surface area contributed by atoms with Gasteiger partial charge in [0.1, 0.15) is 5.60 Å². The molecular weight excluding hydrogens is 244 g/mol. The molecule has 1 saturated carbocycles. The third-order valence-electron chi connectivity index (χ3n) is 4.68. The monoisotopic (exact) mass is 266 g/mol. The summed E-state index contributed by atoms with van der Waals surface area (Å²) in [7, 11) is 0. The fourth-order valence-corrected chi connectivity index (χ4v) is 5.25. The van der Waals surface area contributed by atoms with Gasteiger partial charge in [0.2, 0.25) is 0 Å². The van der Waals surface area contributed by atoms with Gasteiger partial charge in [-0.3, -0.25) is 4.79 Å². The molecular formula is C15H22O2S. The van der Waals surface area contributed by atoms with Gasteiger partial charge < -0.3 is 4.74 Å². The smallest absolute Gasteiger partial charge is 0.309 e. The largest absolute Gasteiger partial charge is 0.459 e. The first-order chi connectivity index (χ1) is 8.56. The van der Waals surface area contributed by atoms with Crippen LogP contribution in [0.1, 0.15) is 46.0 Å². The Morgan fingerprint density at radius 2 is 2.00 bits per heavy atom. The number of esters is 1. The van der Waals surface area contributed by atoms with Crippen LogP contribution in [-0.4, -0.2) is 22.1 Å². The van der Waals surface area contributed by atoms with Crippen LogP contribution in [0.25, 0.3) is 0 Å². The van der Waals surface area contributed by atoms with Crippen molar-refractivity contribution in [3.05, 3.63) is 12.2 Å². The van der Waals surface area contributed by atoms with Crippen molar-refractivity contribution in [3.63, 3.8) is 0 Å². The summed E-state index contributed by atoms with van der Waals surface area (Å²) in [6.07, 6.45) is 10.2. The molecule has 3 atom stereocenters. The van der Waals surface area contributed by atoms with Gasteiger partial charge in [-0.15, -0.1) is 11.8 Å². The van der Waals surface area contributed by atoms with Crippen LogP contribution in [0, 0.1) is 11.8 Å². The standard InChI is InChI=1S/C15H22O2S/c1-15(2,12-9-11-7-8-13(12)18-11)17-14(16)10-5-3-4-6-10/h7-8,10-13H,3-6,9H2,1-2H3. The van der Waals surface area contributed by atoms with Crippen LogP contribution in [0.4, 0.5) is 0 Å². The van der Waals surface area contributed by atoms with E-state index in [9.17, 15) is 4.79 Å². The molecule has 2 nitrogen and oxygen atoms in total. The molecule has 18 heavy (non-hydrogen) atoms. The molecule has 1 aliphatic carbocycles. The van der Waals surface area contributed by atoms with E-state index in [0.29, 0.717) is 16.4 Å². The Balaban J connectivity index is 1.63. The molecule has 0 amide bonds. The van der Waals surface area contributed by atoms with Crippen LogP contribution in [-0.2, 0) is 9.53 Å². The minimum Gasteiger partial charge on any atom is -0.459 e. The number of thioether (sulfide) groups is 1. The van der Waals surface area contributed by atoms with E-state index in [2.05, 4.69) is 26.0 Å². The molecule has 2 bridgehead atoms. The number of hydrogen-bond donors (Lipinski definition) is 0. The highest BCUT2D eigenvalue weighted by Gasteiger charge is 2.47. The first-order valence-corrected chi connectivity index (χ1v) is 8.07. The summed E-state index contributed by atoms with van der Waals surface area (Å²) in [5.74, 6) is 0.711. The van der Waals surface area contributed by atoms with E-state index in [0.717, 1.165) is 19.3 Å². The molecule has 0 aromatic rings. The Bertz CT molecular complexity index is 369. The van der Waals surface area contributed by atoms with Crippen molar-refractivity contribution in [2.24, 2.45) is 11.8 Å². The average Bonchev–Trinajstić information content (AvgIpc) is 3.05. The fourth-order valence-electron chi connectivity index (χ4n) is 3.53. The molecule has 0 spiro atoms. The maximum Gasteiger partial charge on any atom is 0.309 e. The second-order valence-electron chi connectivity index (χ2n) is 6.37. The molecule has 0 N–H and O–H groups in total. The van der Waals surface area contributed by atoms with Crippen LogP contribution >= 0.6 is 11.8 Å². The number of hydrogen-bond acceptors (Lipinski definition) is 3. The van der Waals surface area contributed by atoms with Gasteiger partial charge in [0.15, 0.2) is 0 Å². The Kier molecular flexibility index (Phi) is 3.21. The maximum atomic E-state index is 12.2. The summed E-state index contributed by atoms with van der Waals surface area (Å²) in [6, 6.07) is 0. The SMILES string of the molecule is CC(C)(OC(=O)C1CCCC1)C1CC2C=CC1S2. The molecule has 2 aliphatic heterocycles. The predicted molar refractivity (Wildman–Crippen MR) is 74.5 cm³/mol. The molecule has 2 heterocycles. The lowest BCUT2D eigenvalue weighted by Gasteiger charge is -2.35. The fraction of sp³-hybridized carbons (Fsp3) is 0.800. The summed E-state index contributed by atoms with van der Waals surface area (Å²) in [4.78, 5) is 12.2. The van der Waals surface area contributed by atoms with Gasteiger partial charge in [-0.25, -0.2) is 0 Å². The first-order valence-electron chi connectivity index (χ1n) is 7.13. The zero-order chi connectivity index (χ0) is 12.8. The molecule has 1 saturated heterocycles. The third-order valence-corrected chi connectivity index (χ3v) is 6.17. The van der Waals surface area contributed by atoms with Gasteiger partial charge in [-0.1, -0.05) is 25.0 Å². The van der Waals surface area contributed by atoms with E-state index in [1.807, 2.05) is 11.8 Å². The zero-order valence-electron chi connectivity index (χ0n) is 11.2. The third kappa shape index (κ3) is 2.22. The van der Waals surface area contributed by atoms with E-state index >= 15 is 0 Å². The second-order valence-corrected chi connectivity index (χ2v) is 7.79. The molecule has 3 aliphatic rings. The summed E-state index contributed by atoms with van der Waals surface area (Å²) in [5, 5.41) is 1.21. The summed E-state index contributed by atoms with van der Waals surface area (Å²) in [5.41, 5.74) is -0.309. The van der Waals surface area contributed by atoms with E-state index in [1.165, 1.54) is 12.8 Å². The van der Waals surface area contributed by atoms with Crippen molar-refractivity contribution in [2.75, 3.05) is 0 Å². The topological polar surface area (TPSA) is 26.3 Å².